The molecular weight excluding hydrogens is 539 g/mol. The number of anilines is 1. The van der Waals surface area contributed by atoms with Crippen molar-refractivity contribution < 1.29 is 23.8 Å². The molecule has 0 spiro atoms. The van der Waals surface area contributed by atoms with E-state index in [-0.39, 0.29) is 5.56 Å². The highest BCUT2D eigenvalue weighted by atomic mass is 32.1. The van der Waals surface area contributed by atoms with E-state index in [9.17, 15) is 19.1 Å². The molecule has 2 aromatic carbocycles. The molecule has 39 heavy (non-hydrogen) atoms. The number of aryl methyl sites for hydroxylation is 1. The van der Waals surface area contributed by atoms with Crippen LogP contribution in [0.5, 0.6) is 0 Å². The Balaban J connectivity index is 1.22. The van der Waals surface area contributed by atoms with Crippen LogP contribution in [-0.4, -0.2) is 32.2 Å². The Hall–Kier alpha value is -4.09. The highest BCUT2D eigenvalue weighted by molar-refractivity contribution is 7.31. The Morgan fingerprint density at radius 3 is 2.44 bits per heavy atom. The van der Waals surface area contributed by atoms with Gasteiger partial charge in [-0.2, -0.15) is 0 Å². The van der Waals surface area contributed by atoms with Gasteiger partial charge >= 0.3 is 12.1 Å². The fraction of sp³-hybridized carbons (Fsp3) is 0.214. The molecule has 3 heterocycles. The molecular formula is C28H23FN4O4S2. The number of carboxylic acid groups (broad SMARTS) is 1. The van der Waals surface area contributed by atoms with Crippen LogP contribution in [0, 0.1) is 5.82 Å². The number of thiophene rings is 2. The van der Waals surface area contributed by atoms with Crippen molar-refractivity contribution in [3.05, 3.63) is 77.6 Å². The molecule has 1 aliphatic carbocycles. The zero-order valence-electron chi connectivity index (χ0n) is 21.0. The van der Waals surface area contributed by atoms with Crippen molar-refractivity contribution >= 4 is 50.0 Å². The number of aliphatic carboxylic acids is 1. The van der Waals surface area contributed by atoms with Crippen LogP contribution in [0.4, 0.5) is 15.0 Å². The summed E-state index contributed by atoms with van der Waals surface area (Å²) in [6, 6.07) is 18.2. The SMILES string of the molecule is CC(OC(=O)Nc1c(-c2cc3sc(-c4ccc(C5(C(=O)O)CC5)c(F)c4)cc3s2)nnn1C)c1ccccc1. The number of hydrogen-bond acceptors (Lipinski definition) is 7. The number of halogens is 1. The lowest BCUT2D eigenvalue weighted by Gasteiger charge is -2.14. The molecule has 3 aromatic heterocycles. The first-order valence-electron chi connectivity index (χ1n) is 12.2. The van der Waals surface area contributed by atoms with Crippen molar-refractivity contribution in [2.24, 2.45) is 7.05 Å². The van der Waals surface area contributed by atoms with E-state index in [2.05, 4.69) is 15.6 Å². The molecule has 1 unspecified atom stereocenters. The number of carboxylic acids is 1. The van der Waals surface area contributed by atoms with Crippen LogP contribution in [0.25, 0.3) is 30.4 Å². The lowest BCUT2D eigenvalue weighted by atomic mass is 9.94. The summed E-state index contributed by atoms with van der Waals surface area (Å²) in [5, 5.41) is 20.6. The Labute approximate surface area is 230 Å². The summed E-state index contributed by atoms with van der Waals surface area (Å²) in [6.07, 6.45) is -0.128. The minimum absolute atomic E-state index is 0.249. The standard InChI is InChI=1S/C28H23FN4O4S2/c1-15(16-6-4-3-5-7-16)37-27(36)30-25-24(31-32-33(25)2)23-14-22-21(39-23)13-20(38-22)17-8-9-18(19(29)12-17)28(10-11-28)26(34)35/h3-9,12-15H,10-11H2,1-2H3,(H,30,36)(H,34,35). The summed E-state index contributed by atoms with van der Waals surface area (Å²) >= 11 is 2.99. The minimum Gasteiger partial charge on any atom is -0.481 e. The van der Waals surface area contributed by atoms with Crippen molar-refractivity contribution in [2.75, 3.05) is 5.32 Å². The number of carbonyl (C=O) groups is 2. The molecule has 1 saturated carbocycles. The summed E-state index contributed by atoms with van der Waals surface area (Å²) in [4.78, 5) is 26.0. The van der Waals surface area contributed by atoms with Gasteiger partial charge in [0.05, 0.1) is 10.3 Å². The van der Waals surface area contributed by atoms with Gasteiger partial charge in [-0.3, -0.25) is 10.1 Å². The van der Waals surface area contributed by atoms with E-state index in [1.807, 2.05) is 42.5 Å². The van der Waals surface area contributed by atoms with Crippen LogP contribution in [0.1, 0.15) is 37.0 Å². The first kappa shape index (κ1) is 25.2. The van der Waals surface area contributed by atoms with Gasteiger partial charge in [0.2, 0.25) is 0 Å². The van der Waals surface area contributed by atoms with E-state index in [1.54, 1.807) is 26.1 Å². The topological polar surface area (TPSA) is 106 Å². The van der Waals surface area contributed by atoms with Crippen molar-refractivity contribution in [3.63, 3.8) is 0 Å². The number of amides is 1. The van der Waals surface area contributed by atoms with E-state index < -0.39 is 29.4 Å². The number of benzene rings is 2. The molecule has 0 aliphatic heterocycles. The van der Waals surface area contributed by atoms with Gasteiger partial charge in [0.25, 0.3) is 0 Å². The van der Waals surface area contributed by atoms with E-state index in [0.717, 1.165) is 24.7 Å². The van der Waals surface area contributed by atoms with Crippen LogP contribution in [0.2, 0.25) is 0 Å². The highest BCUT2D eigenvalue weighted by Gasteiger charge is 2.53. The van der Waals surface area contributed by atoms with Gasteiger partial charge in [0.1, 0.15) is 17.6 Å². The maximum Gasteiger partial charge on any atom is 0.413 e. The summed E-state index contributed by atoms with van der Waals surface area (Å²) < 4.78 is 23.9. The first-order chi connectivity index (χ1) is 18.7. The van der Waals surface area contributed by atoms with E-state index in [4.69, 9.17) is 4.74 Å². The second-order valence-electron chi connectivity index (χ2n) is 9.53. The van der Waals surface area contributed by atoms with Gasteiger partial charge in [-0.1, -0.05) is 47.7 Å². The number of aromatic nitrogens is 3. The minimum atomic E-state index is -1.08. The summed E-state index contributed by atoms with van der Waals surface area (Å²) in [6.45, 7) is 1.80. The predicted octanol–water partition coefficient (Wildman–Crippen LogP) is 6.99. The molecule has 6 rings (SSSR count). The predicted molar refractivity (Wildman–Crippen MR) is 149 cm³/mol. The number of rotatable bonds is 7. The molecule has 0 bridgehead atoms. The monoisotopic (exact) mass is 562 g/mol. The van der Waals surface area contributed by atoms with Gasteiger partial charge in [-0.25, -0.2) is 13.9 Å². The van der Waals surface area contributed by atoms with Crippen LogP contribution < -0.4 is 5.32 Å². The van der Waals surface area contributed by atoms with Crippen LogP contribution in [0.3, 0.4) is 0 Å². The third-order valence-electron chi connectivity index (χ3n) is 6.97. The molecule has 1 amide bonds. The van der Waals surface area contributed by atoms with Crippen LogP contribution in [0.15, 0.2) is 60.7 Å². The smallest absolute Gasteiger partial charge is 0.413 e. The third-order valence-corrected chi connectivity index (χ3v) is 9.32. The molecule has 198 valence electrons. The van der Waals surface area contributed by atoms with E-state index >= 15 is 0 Å². The van der Waals surface area contributed by atoms with Gasteiger partial charge in [0.15, 0.2) is 5.82 Å². The first-order valence-corrected chi connectivity index (χ1v) is 13.9. The maximum atomic E-state index is 14.9. The quantitative estimate of drug-likeness (QED) is 0.221. The summed E-state index contributed by atoms with van der Waals surface area (Å²) in [5.74, 6) is -1.05. The Bertz CT molecular complexity index is 1690. The molecule has 1 fully saturated rings. The van der Waals surface area contributed by atoms with E-state index in [1.165, 1.54) is 33.4 Å². The van der Waals surface area contributed by atoms with Gasteiger partial charge < -0.3 is 9.84 Å². The number of hydrogen-bond donors (Lipinski definition) is 2. The Kier molecular flexibility index (Phi) is 6.19. The summed E-state index contributed by atoms with van der Waals surface area (Å²) in [7, 11) is 1.69. The van der Waals surface area contributed by atoms with Crippen molar-refractivity contribution in [3.8, 4) is 21.0 Å². The fourth-order valence-electron chi connectivity index (χ4n) is 4.62. The van der Waals surface area contributed by atoms with Gasteiger partial charge in [0, 0.05) is 26.9 Å². The molecule has 1 atom stereocenters. The molecule has 0 saturated heterocycles. The zero-order valence-corrected chi connectivity index (χ0v) is 22.6. The Morgan fingerprint density at radius 1 is 1.08 bits per heavy atom. The Morgan fingerprint density at radius 2 is 1.77 bits per heavy atom. The number of nitrogens with one attached hydrogen (secondary N) is 1. The van der Waals surface area contributed by atoms with E-state index in [0.29, 0.717) is 29.9 Å². The summed E-state index contributed by atoms with van der Waals surface area (Å²) in [5.41, 5.74) is 1.27. The number of fused-ring (bicyclic) bond motifs is 1. The number of ether oxygens (including phenoxy) is 1. The molecule has 8 nitrogen and oxygen atoms in total. The fourth-order valence-corrected chi connectivity index (χ4v) is 6.99. The second kappa shape index (κ2) is 9.58. The third kappa shape index (κ3) is 4.57. The van der Waals surface area contributed by atoms with Crippen molar-refractivity contribution in [1.82, 2.24) is 15.0 Å². The average molecular weight is 563 g/mol. The van der Waals surface area contributed by atoms with Crippen LogP contribution in [-0.2, 0) is 22.0 Å². The zero-order chi connectivity index (χ0) is 27.3. The second-order valence-corrected chi connectivity index (χ2v) is 11.7. The maximum absolute atomic E-state index is 14.9. The normalized spacial score (nSPS) is 14.7. The lowest BCUT2D eigenvalue weighted by Crippen LogP contribution is -2.20. The number of carbonyl (C=O) groups excluding carboxylic acids is 1. The van der Waals surface area contributed by atoms with Crippen molar-refractivity contribution in [2.45, 2.75) is 31.3 Å². The molecule has 0 radical (unpaired) electrons. The average Bonchev–Trinajstić information content (AvgIpc) is 3.31. The molecule has 1 aliphatic rings. The molecule has 11 heteroatoms. The highest BCUT2D eigenvalue weighted by Crippen LogP contribution is 2.50. The van der Waals surface area contributed by atoms with Gasteiger partial charge in [-0.15, -0.1) is 27.8 Å². The lowest BCUT2D eigenvalue weighted by molar-refractivity contribution is -0.140. The van der Waals surface area contributed by atoms with Gasteiger partial charge in [-0.05, 0) is 49.1 Å². The van der Waals surface area contributed by atoms with Crippen LogP contribution >= 0.6 is 22.7 Å². The molecule has 2 N–H and O–H groups in total. The number of nitrogens with zero attached hydrogens (tertiary/aromatic N) is 3. The largest absolute Gasteiger partial charge is 0.481 e. The van der Waals surface area contributed by atoms with Crippen molar-refractivity contribution in [1.29, 1.82) is 0 Å². The molecule has 5 aromatic rings.